The van der Waals surface area contributed by atoms with Crippen molar-refractivity contribution in [1.29, 1.82) is 0 Å². The van der Waals surface area contributed by atoms with E-state index < -0.39 is 0 Å². The highest BCUT2D eigenvalue weighted by molar-refractivity contribution is 9.10. The van der Waals surface area contributed by atoms with Gasteiger partial charge in [0, 0.05) is 16.8 Å². The third kappa shape index (κ3) is 2.65. The molecule has 0 saturated carbocycles. The van der Waals surface area contributed by atoms with E-state index in [2.05, 4.69) is 15.9 Å². The first kappa shape index (κ1) is 13.4. The maximum Gasteiger partial charge on any atom is 0.202 e. The quantitative estimate of drug-likeness (QED) is 0.603. The lowest BCUT2D eigenvalue weighted by molar-refractivity contribution is 0.0968. The first-order valence-electron chi connectivity index (χ1n) is 6.09. The smallest absolute Gasteiger partial charge is 0.202 e. The van der Waals surface area contributed by atoms with Crippen LogP contribution in [0.2, 0.25) is 5.02 Å². The normalized spacial score (nSPS) is 10.9. The predicted octanol–water partition coefficient (Wildman–Crippen LogP) is 5.27. The SMILES string of the molecule is O=C(Cc1ccc(Cl)cc1)c1cc2cccc(Br)c2o1. The second-order valence-corrected chi connectivity index (χ2v) is 5.79. The number of benzene rings is 2. The molecule has 0 atom stereocenters. The molecule has 0 fully saturated rings. The van der Waals surface area contributed by atoms with Crippen molar-refractivity contribution in [1.82, 2.24) is 0 Å². The van der Waals surface area contributed by atoms with E-state index in [1.165, 1.54) is 0 Å². The van der Waals surface area contributed by atoms with Crippen LogP contribution in [0.25, 0.3) is 11.0 Å². The van der Waals surface area contributed by atoms with Crippen molar-refractivity contribution in [2.75, 3.05) is 0 Å². The minimum Gasteiger partial charge on any atom is -0.452 e. The molecular formula is C16H10BrClO2. The van der Waals surface area contributed by atoms with Crippen LogP contribution < -0.4 is 0 Å². The van der Waals surface area contributed by atoms with E-state index in [-0.39, 0.29) is 5.78 Å². The van der Waals surface area contributed by atoms with Gasteiger partial charge in [-0.1, -0.05) is 35.9 Å². The number of Topliss-reactive ketones (excluding diaryl/α,β-unsaturated/α-hetero) is 1. The van der Waals surface area contributed by atoms with Crippen LogP contribution in [0.3, 0.4) is 0 Å². The molecule has 1 aromatic heterocycles. The lowest BCUT2D eigenvalue weighted by atomic mass is 10.1. The van der Waals surface area contributed by atoms with Gasteiger partial charge in [0.1, 0.15) is 5.58 Å². The van der Waals surface area contributed by atoms with Crippen LogP contribution in [0.5, 0.6) is 0 Å². The van der Waals surface area contributed by atoms with Crippen molar-refractivity contribution in [2.45, 2.75) is 6.42 Å². The van der Waals surface area contributed by atoms with Crippen molar-refractivity contribution < 1.29 is 9.21 Å². The fourth-order valence-electron chi connectivity index (χ4n) is 2.04. The van der Waals surface area contributed by atoms with Gasteiger partial charge in [-0.2, -0.15) is 0 Å². The molecule has 0 spiro atoms. The molecule has 0 aliphatic carbocycles. The standard InChI is InChI=1S/C16H10BrClO2/c17-13-3-1-2-11-9-15(20-16(11)13)14(19)8-10-4-6-12(18)7-5-10/h1-7,9H,8H2. The number of carbonyl (C=O) groups is 1. The van der Waals surface area contributed by atoms with E-state index in [4.69, 9.17) is 16.0 Å². The third-order valence-electron chi connectivity index (χ3n) is 3.05. The fourth-order valence-corrected chi connectivity index (χ4v) is 2.63. The van der Waals surface area contributed by atoms with E-state index in [1.807, 2.05) is 30.3 Å². The second kappa shape index (κ2) is 5.43. The largest absolute Gasteiger partial charge is 0.452 e. The van der Waals surface area contributed by atoms with Crippen LogP contribution >= 0.6 is 27.5 Å². The Morgan fingerprint density at radius 1 is 1.15 bits per heavy atom. The summed E-state index contributed by atoms with van der Waals surface area (Å²) < 4.78 is 6.48. The van der Waals surface area contributed by atoms with Crippen molar-refractivity contribution in [2.24, 2.45) is 0 Å². The molecule has 2 nitrogen and oxygen atoms in total. The first-order chi connectivity index (χ1) is 9.63. The number of carbonyl (C=O) groups excluding carboxylic acids is 1. The van der Waals surface area contributed by atoms with Gasteiger partial charge < -0.3 is 4.42 Å². The van der Waals surface area contributed by atoms with E-state index >= 15 is 0 Å². The Morgan fingerprint density at radius 2 is 1.90 bits per heavy atom. The Balaban J connectivity index is 1.89. The first-order valence-corrected chi connectivity index (χ1v) is 7.26. The molecule has 100 valence electrons. The van der Waals surface area contributed by atoms with E-state index in [0.717, 1.165) is 15.4 Å². The van der Waals surface area contributed by atoms with Crippen molar-refractivity contribution >= 4 is 44.3 Å². The van der Waals surface area contributed by atoms with Crippen LogP contribution in [0.15, 0.2) is 57.4 Å². The summed E-state index contributed by atoms with van der Waals surface area (Å²) in [5, 5.41) is 1.58. The number of furan rings is 1. The number of hydrogen-bond acceptors (Lipinski definition) is 2. The van der Waals surface area contributed by atoms with Gasteiger partial charge in [0.15, 0.2) is 5.76 Å². The Kier molecular flexibility index (Phi) is 3.64. The molecule has 0 saturated heterocycles. The summed E-state index contributed by atoms with van der Waals surface area (Å²) in [5.74, 6) is 0.331. The fraction of sp³-hybridized carbons (Fsp3) is 0.0625. The van der Waals surface area contributed by atoms with E-state index in [0.29, 0.717) is 22.8 Å². The molecule has 1 heterocycles. The van der Waals surface area contributed by atoms with Gasteiger partial charge >= 0.3 is 0 Å². The second-order valence-electron chi connectivity index (χ2n) is 4.50. The molecule has 3 rings (SSSR count). The molecule has 0 unspecified atom stereocenters. The summed E-state index contributed by atoms with van der Waals surface area (Å²) in [6, 6.07) is 14.7. The lowest BCUT2D eigenvalue weighted by Gasteiger charge is -1.98. The summed E-state index contributed by atoms with van der Waals surface area (Å²) in [4.78, 5) is 12.2. The summed E-state index contributed by atoms with van der Waals surface area (Å²) >= 11 is 9.24. The highest BCUT2D eigenvalue weighted by atomic mass is 79.9. The molecular weight excluding hydrogens is 340 g/mol. The summed E-state index contributed by atoms with van der Waals surface area (Å²) in [6.07, 6.45) is 0.300. The summed E-state index contributed by atoms with van der Waals surface area (Å²) in [7, 11) is 0. The third-order valence-corrected chi connectivity index (χ3v) is 3.93. The van der Waals surface area contributed by atoms with Gasteiger partial charge in [0.05, 0.1) is 4.47 Å². The molecule has 0 amide bonds. The maximum atomic E-state index is 12.2. The average molecular weight is 350 g/mol. The number of rotatable bonds is 3. The number of para-hydroxylation sites is 1. The minimum absolute atomic E-state index is 0.0459. The minimum atomic E-state index is -0.0459. The molecule has 20 heavy (non-hydrogen) atoms. The van der Waals surface area contributed by atoms with E-state index in [1.54, 1.807) is 18.2 Å². The molecule has 4 heteroatoms. The van der Waals surface area contributed by atoms with Crippen molar-refractivity contribution in [3.05, 3.63) is 69.3 Å². The van der Waals surface area contributed by atoms with Crippen molar-refractivity contribution in [3.63, 3.8) is 0 Å². The molecule has 0 aliphatic rings. The van der Waals surface area contributed by atoms with E-state index in [9.17, 15) is 4.79 Å². The average Bonchev–Trinajstić information content (AvgIpc) is 2.87. The maximum absolute atomic E-state index is 12.2. The molecule has 0 N–H and O–H groups in total. The molecule has 0 aliphatic heterocycles. The summed E-state index contributed by atoms with van der Waals surface area (Å²) in [5.41, 5.74) is 1.62. The molecule has 3 aromatic rings. The molecule has 0 radical (unpaired) electrons. The zero-order valence-electron chi connectivity index (χ0n) is 10.4. The van der Waals surface area contributed by atoms with Gasteiger partial charge in [-0.3, -0.25) is 4.79 Å². The van der Waals surface area contributed by atoms with Crippen LogP contribution in [0.1, 0.15) is 16.1 Å². The zero-order chi connectivity index (χ0) is 14.1. The van der Waals surface area contributed by atoms with Gasteiger partial charge in [-0.25, -0.2) is 0 Å². The predicted molar refractivity (Wildman–Crippen MR) is 83.4 cm³/mol. The Hall–Kier alpha value is -1.58. The highest BCUT2D eigenvalue weighted by Gasteiger charge is 2.14. The zero-order valence-corrected chi connectivity index (χ0v) is 12.7. The summed E-state index contributed by atoms with van der Waals surface area (Å²) in [6.45, 7) is 0. The lowest BCUT2D eigenvalue weighted by Crippen LogP contribution is -2.01. The van der Waals surface area contributed by atoms with Gasteiger partial charge in [0.2, 0.25) is 5.78 Å². The van der Waals surface area contributed by atoms with Crippen molar-refractivity contribution in [3.8, 4) is 0 Å². The molecule has 2 aromatic carbocycles. The monoisotopic (exact) mass is 348 g/mol. The van der Waals surface area contributed by atoms with Crippen LogP contribution in [0, 0.1) is 0 Å². The number of hydrogen-bond donors (Lipinski definition) is 0. The Bertz CT molecular complexity index is 775. The van der Waals surface area contributed by atoms with Gasteiger partial charge in [-0.15, -0.1) is 0 Å². The highest BCUT2D eigenvalue weighted by Crippen LogP contribution is 2.27. The van der Waals surface area contributed by atoms with Crippen LogP contribution in [-0.2, 0) is 6.42 Å². The van der Waals surface area contributed by atoms with Gasteiger partial charge in [-0.05, 0) is 45.8 Å². The topological polar surface area (TPSA) is 30.2 Å². The van der Waals surface area contributed by atoms with Crippen LogP contribution in [0.4, 0.5) is 0 Å². The Morgan fingerprint density at radius 3 is 2.60 bits per heavy atom. The number of fused-ring (bicyclic) bond motifs is 1. The van der Waals surface area contributed by atoms with Gasteiger partial charge in [0.25, 0.3) is 0 Å². The number of halogens is 2. The number of ketones is 1. The van der Waals surface area contributed by atoms with Crippen LogP contribution in [-0.4, -0.2) is 5.78 Å². The molecule has 0 bridgehead atoms. The Labute approximate surface area is 129 Å².